The van der Waals surface area contributed by atoms with Crippen LogP contribution in [0.1, 0.15) is 44.1 Å². The van der Waals surface area contributed by atoms with Gasteiger partial charge in [-0.15, -0.1) is 0 Å². The summed E-state index contributed by atoms with van der Waals surface area (Å²) in [5.74, 6) is 3.41. The lowest BCUT2D eigenvalue weighted by molar-refractivity contribution is -0.121. The van der Waals surface area contributed by atoms with Crippen LogP contribution in [0, 0.1) is 5.92 Å². The summed E-state index contributed by atoms with van der Waals surface area (Å²) in [6.07, 6.45) is 2.35. The maximum Gasteiger partial charge on any atom is 0.220 e. The Morgan fingerprint density at radius 3 is 2.68 bits per heavy atom. The molecule has 1 heterocycles. The van der Waals surface area contributed by atoms with Gasteiger partial charge in [-0.05, 0) is 43.5 Å². The Labute approximate surface area is 150 Å². The van der Waals surface area contributed by atoms with E-state index >= 15 is 0 Å². The van der Waals surface area contributed by atoms with Crippen molar-refractivity contribution in [3.63, 3.8) is 0 Å². The maximum absolute atomic E-state index is 12.1. The molecule has 4 nitrogen and oxygen atoms in total. The molecule has 1 aliphatic rings. The van der Waals surface area contributed by atoms with E-state index in [1.165, 1.54) is 6.42 Å². The van der Waals surface area contributed by atoms with Gasteiger partial charge in [0.1, 0.15) is 11.5 Å². The fraction of sp³-hybridized carbons (Fsp3) is 0.476. The molecule has 1 aliphatic carbocycles. The van der Waals surface area contributed by atoms with Crippen molar-refractivity contribution >= 4 is 11.6 Å². The second kappa shape index (κ2) is 7.77. The standard InChI is InChI=1S/C21H28N2O2/c1-15-13-19(15)20-11-9-18(25-20)10-12-21(24)22-14-16(2)23(3)17-7-5-4-6-8-17/h4-9,11,15-16,19H,10,12-14H2,1-3H3,(H,22,24). The number of para-hydroxylation sites is 1. The van der Waals surface area contributed by atoms with Crippen LogP contribution in [-0.4, -0.2) is 25.5 Å². The number of hydrogen-bond donors (Lipinski definition) is 1. The predicted molar refractivity (Wildman–Crippen MR) is 101 cm³/mol. The van der Waals surface area contributed by atoms with Gasteiger partial charge >= 0.3 is 0 Å². The number of anilines is 1. The minimum absolute atomic E-state index is 0.0750. The van der Waals surface area contributed by atoms with E-state index in [2.05, 4.69) is 49.3 Å². The van der Waals surface area contributed by atoms with Crippen LogP contribution in [0.2, 0.25) is 0 Å². The molecule has 1 amide bonds. The highest BCUT2D eigenvalue weighted by atomic mass is 16.3. The molecule has 1 N–H and O–H groups in total. The van der Waals surface area contributed by atoms with E-state index in [-0.39, 0.29) is 11.9 Å². The second-order valence-corrected chi connectivity index (χ2v) is 7.22. The fourth-order valence-electron chi connectivity index (χ4n) is 3.09. The van der Waals surface area contributed by atoms with Crippen LogP contribution in [0.5, 0.6) is 0 Å². The van der Waals surface area contributed by atoms with Crippen molar-refractivity contribution in [1.29, 1.82) is 0 Å². The van der Waals surface area contributed by atoms with Crippen LogP contribution >= 0.6 is 0 Å². The van der Waals surface area contributed by atoms with Crippen molar-refractivity contribution in [3.05, 3.63) is 54.0 Å². The van der Waals surface area contributed by atoms with Gasteiger partial charge in [-0.1, -0.05) is 25.1 Å². The van der Waals surface area contributed by atoms with Crippen LogP contribution in [-0.2, 0) is 11.2 Å². The molecule has 3 unspecified atom stereocenters. The lowest BCUT2D eigenvalue weighted by Gasteiger charge is -2.27. The fourth-order valence-corrected chi connectivity index (χ4v) is 3.09. The number of aryl methyl sites for hydroxylation is 1. The summed E-state index contributed by atoms with van der Waals surface area (Å²) in [6.45, 7) is 4.99. The molecule has 4 heteroatoms. The summed E-state index contributed by atoms with van der Waals surface area (Å²) in [4.78, 5) is 14.3. The number of amides is 1. The minimum Gasteiger partial charge on any atom is -0.466 e. The molecule has 0 bridgehead atoms. The van der Waals surface area contributed by atoms with E-state index in [0.717, 1.165) is 23.1 Å². The monoisotopic (exact) mass is 340 g/mol. The van der Waals surface area contributed by atoms with Gasteiger partial charge < -0.3 is 14.6 Å². The van der Waals surface area contributed by atoms with Crippen molar-refractivity contribution in [3.8, 4) is 0 Å². The zero-order valence-electron chi connectivity index (χ0n) is 15.4. The van der Waals surface area contributed by atoms with E-state index in [1.807, 2.05) is 24.3 Å². The number of furan rings is 1. The van der Waals surface area contributed by atoms with Gasteiger partial charge in [-0.25, -0.2) is 0 Å². The van der Waals surface area contributed by atoms with E-state index in [9.17, 15) is 4.79 Å². The smallest absolute Gasteiger partial charge is 0.220 e. The third kappa shape index (κ3) is 4.65. The second-order valence-electron chi connectivity index (χ2n) is 7.22. The zero-order chi connectivity index (χ0) is 17.8. The summed E-state index contributed by atoms with van der Waals surface area (Å²) < 4.78 is 5.86. The average Bonchev–Trinajstić information content (AvgIpc) is 3.18. The first-order valence-electron chi connectivity index (χ1n) is 9.17. The highest BCUT2D eigenvalue weighted by Crippen LogP contribution is 2.47. The molecule has 3 rings (SSSR count). The number of carbonyl (C=O) groups excluding carboxylic acids is 1. The molecule has 1 saturated carbocycles. The summed E-state index contributed by atoms with van der Waals surface area (Å²) in [6, 6.07) is 14.5. The van der Waals surface area contributed by atoms with Crippen LogP contribution < -0.4 is 10.2 Å². The maximum atomic E-state index is 12.1. The van der Waals surface area contributed by atoms with Crippen LogP contribution in [0.15, 0.2) is 46.9 Å². The third-order valence-corrected chi connectivity index (χ3v) is 5.18. The summed E-state index contributed by atoms with van der Waals surface area (Å²) in [7, 11) is 2.05. The summed E-state index contributed by atoms with van der Waals surface area (Å²) in [5, 5.41) is 3.03. The molecule has 1 aromatic carbocycles. The zero-order valence-corrected chi connectivity index (χ0v) is 15.4. The number of rotatable bonds is 8. The molecule has 3 atom stereocenters. The SMILES string of the molecule is CC1CC1c1ccc(CCC(=O)NCC(C)N(C)c2ccccc2)o1. The van der Waals surface area contributed by atoms with Gasteiger partial charge in [-0.3, -0.25) is 4.79 Å². The molecule has 0 aliphatic heterocycles. The Hall–Kier alpha value is -2.23. The number of hydrogen-bond acceptors (Lipinski definition) is 3. The van der Waals surface area contributed by atoms with Gasteiger partial charge in [0, 0.05) is 44.1 Å². The first-order valence-corrected chi connectivity index (χ1v) is 9.17. The van der Waals surface area contributed by atoms with Crippen LogP contribution in [0.25, 0.3) is 0 Å². The summed E-state index contributed by atoms with van der Waals surface area (Å²) in [5.41, 5.74) is 1.15. The Balaban J connectivity index is 1.39. The Kier molecular flexibility index (Phi) is 5.47. The topological polar surface area (TPSA) is 45.5 Å². The predicted octanol–water partition coefficient (Wildman–Crippen LogP) is 3.98. The Morgan fingerprint density at radius 1 is 1.28 bits per heavy atom. The number of nitrogens with one attached hydrogen (secondary N) is 1. The number of carbonyl (C=O) groups is 1. The van der Waals surface area contributed by atoms with Crippen LogP contribution in [0.4, 0.5) is 5.69 Å². The Morgan fingerprint density at radius 2 is 2.00 bits per heavy atom. The first-order chi connectivity index (χ1) is 12.0. The van der Waals surface area contributed by atoms with Crippen molar-refractivity contribution < 1.29 is 9.21 Å². The van der Waals surface area contributed by atoms with Gasteiger partial charge in [0.05, 0.1) is 0 Å². The van der Waals surface area contributed by atoms with E-state index in [1.54, 1.807) is 0 Å². The first kappa shape index (κ1) is 17.6. The van der Waals surface area contributed by atoms with E-state index in [0.29, 0.717) is 25.3 Å². The van der Waals surface area contributed by atoms with Crippen molar-refractivity contribution in [2.24, 2.45) is 5.92 Å². The Bertz CT molecular complexity index is 695. The molecule has 134 valence electrons. The molecule has 1 fully saturated rings. The minimum atomic E-state index is 0.0750. The molecule has 0 radical (unpaired) electrons. The number of nitrogens with zero attached hydrogens (tertiary/aromatic N) is 1. The van der Waals surface area contributed by atoms with E-state index in [4.69, 9.17) is 4.42 Å². The number of likely N-dealkylation sites (N-methyl/N-ethyl adjacent to an activating group) is 1. The van der Waals surface area contributed by atoms with Crippen molar-refractivity contribution in [2.75, 3.05) is 18.5 Å². The van der Waals surface area contributed by atoms with E-state index < -0.39 is 0 Å². The summed E-state index contributed by atoms with van der Waals surface area (Å²) >= 11 is 0. The molecule has 0 spiro atoms. The lowest BCUT2D eigenvalue weighted by atomic mass is 10.2. The third-order valence-electron chi connectivity index (χ3n) is 5.18. The average molecular weight is 340 g/mol. The van der Waals surface area contributed by atoms with Gasteiger partial charge in [0.25, 0.3) is 0 Å². The highest BCUT2D eigenvalue weighted by molar-refractivity contribution is 5.76. The highest BCUT2D eigenvalue weighted by Gasteiger charge is 2.36. The van der Waals surface area contributed by atoms with Crippen molar-refractivity contribution in [2.45, 2.75) is 45.1 Å². The number of benzene rings is 1. The molecule has 25 heavy (non-hydrogen) atoms. The molecular formula is C21H28N2O2. The van der Waals surface area contributed by atoms with Gasteiger partial charge in [0.15, 0.2) is 0 Å². The van der Waals surface area contributed by atoms with Crippen LogP contribution in [0.3, 0.4) is 0 Å². The lowest BCUT2D eigenvalue weighted by Crippen LogP contribution is -2.40. The van der Waals surface area contributed by atoms with Gasteiger partial charge in [-0.2, -0.15) is 0 Å². The molecular weight excluding hydrogens is 312 g/mol. The molecule has 1 aromatic heterocycles. The quantitative estimate of drug-likeness (QED) is 0.791. The normalized spacial score (nSPS) is 20.1. The largest absolute Gasteiger partial charge is 0.466 e. The van der Waals surface area contributed by atoms with Gasteiger partial charge in [0.2, 0.25) is 5.91 Å². The van der Waals surface area contributed by atoms with Crippen molar-refractivity contribution in [1.82, 2.24) is 5.32 Å². The molecule has 0 saturated heterocycles. The molecule has 2 aromatic rings.